The van der Waals surface area contributed by atoms with Crippen LogP contribution in [-0.2, 0) is 16.0 Å². The number of rotatable bonds is 9. The smallest absolute Gasteiger partial charge is 0.329 e. The molecule has 0 aromatic heterocycles. The first-order chi connectivity index (χ1) is 10.1. The Balaban J connectivity index is 2.65. The second-order valence-corrected chi connectivity index (χ2v) is 5.43. The Morgan fingerprint density at radius 1 is 1.19 bits per heavy atom. The lowest BCUT2D eigenvalue weighted by molar-refractivity contribution is -0.149. The first-order valence-electron chi connectivity index (χ1n) is 7.61. The molecule has 1 atom stereocenters. The molecule has 1 N–H and O–H groups in total. The number of esters is 1. The molecular formula is C17H27NO3. The Kier molecular flexibility index (Phi) is 7.23. The van der Waals surface area contributed by atoms with Crippen molar-refractivity contribution in [3.63, 3.8) is 0 Å². The second-order valence-electron chi connectivity index (χ2n) is 5.43. The maximum atomic E-state index is 11.9. The van der Waals surface area contributed by atoms with Crippen LogP contribution in [0.1, 0.15) is 39.2 Å². The van der Waals surface area contributed by atoms with Gasteiger partial charge in [0.2, 0.25) is 0 Å². The first kappa shape index (κ1) is 17.5. The van der Waals surface area contributed by atoms with Crippen LogP contribution in [0.5, 0.6) is 5.75 Å². The minimum atomic E-state index is -0.827. The predicted molar refractivity (Wildman–Crippen MR) is 84.6 cm³/mol. The molecule has 0 aliphatic rings. The quantitative estimate of drug-likeness (QED) is 0.711. The van der Waals surface area contributed by atoms with Crippen LogP contribution in [0.15, 0.2) is 24.3 Å². The Morgan fingerprint density at radius 3 is 2.38 bits per heavy atom. The standard InChI is InChI=1S/C17H27NO3/c1-5-7-14-8-10-15(11-9-14)21-13-17(3,16(19)20-4)18-12-6-2/h8-11,18H,5-7,12-13H2,1-4H3. The molecule has 0 saturated heterocycles. The Labute approximate surface area is 127 Å². The normalized spacial score (nSPS) is 13.5. The zero-order valence-corrected chi connectivity index (χ0v) is 13.6. The third-order valence-electron chi connectivity index (χ3n) is 3.39. The minimum absolute atomic E-state index is 0.243. The monoisotopic (exact) mass is 293 g/mol. The van der Waals surface area contributed by atoms with Crippen LogP contribution < -0.4 is 10.1 Å². The maximum Gasteiger partial charge on any atom is 0.329 e. The van der Waals surface area contributed by atoms with E-state index < -0.39 is 5.54 Å². The lowest BCUT2D eigenvalue weighted by atomic mass is 10.0. The van der Waals surface area contributed by atoms with Gasteiger partial charge in [-0.15, -0.1) is 0 Å². The molecule has 21 heavy (non-hydrogen) atoms. The summed E-state index contributed by atoms with van der Waals surface area (Å²) >= 11 is 0. The van der Waals surface area contributed by atoms with Gasteiger partial charge in [-0.2, -0.15) is 0 Å². The summed E-state index contributed by atoms with van der Waals surface area (Å²) in [5, 5.41) is 3.20. The van der Waals surface area contributed by atoms with Gasteiger partial charge in [-0.25, -0.2) is 4.79 Å². The van der Waals surface area contributed by atoms with Crippen LogP contribution in [0.4, 0.5) is 0 Å². The molecule has 0 aliphatic heterocycles. The molecule has 0 saturated carbocycles. The number of carbonyl (C=O) groups is 1. The zero-order valence-electron chi connectivity index (χ0n) is 13.6. The van der Waals surface area contributed by atoms with Crippen LogP contribution >= 0.6 is 0 Å². The molecule has 1 unspecified atom stereocenters. The van der Waals surface area contributed by atoms with Crippen molar-refractivity contribution in [3.8, 4) is 5.75 Å². The van der Waals surface area contributed by atoms with E-state index in [1.54, 1.807) is 6.92 Å². The molecule has 4 nitrogen and oxygen atoms in total. The van der Waals surface area contributed by atoms with E-state index in [0.29, 0.717) is 0 Å². The van der Waals surface area contributed by atoms with E-state index in [0.717, 1.165) is 31.6 Å². The Hall–Kier alpha value is -1.55. The fourth-order valence-electron chi connectivity index (χ4n) is 2.08. The topological polar surface area (TPSA) is 47.6 Å². The van der Waals surface area contributed by atoms with Gasteiger partial charge in [0.15, 0.2) is 0 Å². The van der Waals surface area contributed by atoms with E-state index in [1.807, 2.05) is 12.1 Å². The van der Waals surface area contributed by atoms with Gasteiger partial charge >= 0.3 is 5.97 Å². The molecule has 4 heteroatoms. The molecule has 0 aliphatic carbocycles. The van der Waals surface area contributed by atoms with E-state index in [-0.39, 0.29) is 12.6 Å². The van der Waals surface area contributed by atoms with Gasteiger partial charge in [-0.05, 0) is 44.0 Å². The highest BCUT2D eigenvalue weighted by Gasteiger charge is 2.34. The SMILES string of the molecule is CCCNC(C)(COc1ccc(CCC)cc1)C(=O)OC. The summed E-state index contributed by atoms with van der Waals surface area (Å²) in [6.07, 6.45) is 3.14. The maximum absolute atomic E-state index is 11.9. The number of aryl methyl sites for hydroxylation is 1. The molecule has 118 valence electrons. The molecule has 0 spiro atoms. The highest BCUT2D eigenvalue weighted by Crippen LogP contribution is 2.16. The number of nitrogens with one attached hydrogen (secondary N) is 1. The van der Waals surface area contributed by atoms with Gasteiger partial charge in [0.25, 0.3) is 0 Å². The summed E-state index contributed by atoms with van der Waals surface area (Å²) < 4.78 is 10.6. The number of methoxy groups -OCH3 is 1. The Bertz CT molecular complexity index is 430. The molecule has 1 rings (SSSR count). The number of ether oxygens (including phenoxy) is 2. The Morgan fingerprint density at radius 2 is 1.86 bits per heavy atom. The van der Waals surface area contributed by atoms with Crippen molar-refractivity contribution in [1.82, 2.24) is 5.32 Å². The van der Waals surface area contributed by atoms with Crippen molar-refractivity contribution in [2.45, 2.75) is 45.6 Å². The zero-order chi connectivity index (χ0) is 15.7. The fourth-order valence-corrected chi connectivity index (χ4v) is 2.08. The summed E-state index contributed by atoms with van der Waals surface area (Å²) in [5.74, 6) is 0.460. The molecule has 0 bridgehead atoms. The van der Waals surface area contributed by atoms with Crippen LogP contribution in [0, 0.1) is 0 Å². The van der Waals surface area contributed by atoms with E-state index in [4.69, 9.17) is 9.47 Å². The number of hydrogen-bond acceptors (Lipinski definition) is 4. The number of benzene rings is 1. The molecule has 1 aromatic carbocycles. The fraction of sp³-hybridized carbons (Fsp3) is 0.588. The largest absolute Gasteiger partial charge is 0.491 e. The van der Waals surface area contributed by atoms with Crippen molar-refractivity contribution in [1.29, 1.82) is 0 Å². The summed E-state index contributed by atoms with van der Waals surface area (Å²) in [5.41, 5.74) is 0.469. The number of carbonyl (C=O) groups excluding carboxylic acids is 1. The van der Waals surface area contributed by atoms with Crippen LogP contribution in [0.2, 0.25) is 0 Å². The van der Waals surface area contributed by atoms with Crippen molar-refractivity contribution in [3.05, 3.63) is 29.8 Å². The summed E-state index contributed by atoms with van der Waals surface area (Å²) in [6, 6.07) is 8.02. The molecule has 0 heterocycles. The third kappa shape index (κ3) is 5.38. The molecule has 0 amide bonds. The van der Waals surface area contributed by atoms with Crippen LogP contribution in [0.3, 0.4) is 0 Å². The van der Waals surface area contributed by atoms with E-state index in [1.165, 1.54) is 12.7 Å². The van der Waals surface area contributed by atoms with Gasteiger partial charge in [-0.3, -0.25) is 5.32 Å². The molecule has 1 aromatic rings. The highest BCUT2D eigenvalue weighted by molar-refractivity contribution is 5.80. The predicted octanol–water partition coefficient (Wildman–Crippen LogP) is 2.95. The van der Waals surface area contributed by atoms with Crippen molar-refractivity contribution in [2.75, 3.05) is 20.3 Å². The lowest BCUT2D eigenvalue weighted by Gasteiger charge is -2.27. The average molecular weight is 293 g/mol. The molecule has 0 radical (unpaired) electrons. The van der Waals surface area contributed by atoms with Crippen molar-refractivity contribution < 1.29 is 14.3 Å². The summed E-state index contributed by atoms with van der Waals surface area (Å²) in [4.78, 5) is 11.9. The minimum Gasteiger partial charge on any atom is -0.491 e. The van der Waals surface area contributed by atoms with Crippen LogP contribution in [-0.4, -0.2) is 31.8 Å². The first-order valence-corrected chi connectivity index (χ1v) is 7.61. The third-order valence-corrected chi connectivity index (χ3v) is 3.39. The van der Waals surface area contributed by atoms with Crippen molar-refractivity contribution in [2.24, 2.45) is 0 Å². The number of hydrogen-bond donors (Lipinski definition) is 1. The molecular weight excluding hydrogens is 266 g/mol. The molecule has 0 fully saturated rings. The summed E-state index contributed by atoms with van der Waals surface area (Å²) in [6.45, 7) is 7.00. The lowest BCUT2D eigenvalue weighted by Crippen LogP contribution is -2.54. The van der Waals surface area contributed by atoms with E-state index in [2.05, 4.69) is 31.3 Å². The van der Waals surface area contributed by atoms with Gasteiger partial charge in [0.1, 0.15) is 17.9 Å². The highest BCUT2D eigenvalue weighted by atomic mass is 16.5. The van der Waals surface area contributed by atoms with E-state index >= 15 is 0 Å². The summed E-state index contributed by atoms with van der Waals surface area (Å²) in [7, 11) is 1.40. The van der Waals surface area contributed by atoms with Gasteiger partial charge < -0.3 is 9.47 Å². The average Bonchev–Trinajstić information content (AvgIpc) is 2.51. The van der Waals surface area contributed by atoms with Crippen molar-refractivity contribution >= 4 is 5.97 Å². The van der Waals surface area contributed by atoms with Gasteiger partial charge in [0.05, 0.1) is 7.11 Å². The van der Waals surface area contributed by atoms with Gasteiger partial charge in [-0.1, -0.05) is 32.4 Å². The van der Waals surface area contributed by atoms with E-state index in [9.17, 15) is 4.79 Å². The second kappa shape index (κ2) is 8.67. The van der Waals surface area contributed by atoms with Crippen LogP contribution in [0.25, 0.3) is 0 Å². The van der Waals surface area contributed by atoms with Gasteiger partial charge in [0, 0.05) is 0 Å².